The van der Waals surface area contributed by atoms with E-state index in [4.69, 9.17) is 0 Å². The first-order chi connectivity index (χ1) is 16.1. The molecule has 1 amide bonds. The number of carbonyl (C=O) groups is 1. The van der Waals surface area contributed by atoms with E-state index in [9.17, 15) is 9.18 Å². The van der Waals surface area contributed by atoms with E-state index in [0.29, 0.717) is 17.9 Å². The summed E-state index contributed by atoms with van der Waals surface area (Å²) >= 11 is 0. The molecule has 1 fully saturated rings. The fraction of sp³-hybridized carbons (Fsp3) is 0.385. The van der Waals surface area contributed by atoms with Gasteiger partial charge in [-0.1, -0.05) is 30.3 Å². The zero-order chi connectivity index (χ0) is 22.8. The molecule has 0 saturated carbocycles. The van der Waals surface area contributed by atoms with E-state index in [2.05, 4.69) is 51.4 Å². The molecule has 5 rings (SSSR count). The van der Waals surface area contributed by atoms with Crippen LogP contribution in [0.2, 0.25) is 0 Å². The van der Waals surface area contributed by atoms with Crippen LogP contribution < -0.4 is 10.2 Å². The van der Waals surface area contributed by atoms with Gasteiger partial charge in [-0.25, -0.2) is 9.07 Å². The summed E-state index contributed by atoms with van der Waals surface area (Å²) in [5.74, 6) is -0.497. The van der Waals surface area contributed by atoms with E-state index in [-0.39, 0.29) is 17.8 Å². The molecular weight excluding hydrogens is 417 g/mol. The number of aromatic nitrogens is 2. The third-order valence-electron chi connectivity index (χ3n) is 6.84. The van der Waals surface area contributed by atoms with Crippen LogP contribution in [0, 0.1) is 5.82 Å². The first-order valence-corrected chi connectivity index (χ1v) is 11.8. The Balaban J connectivity index is 1.21. The molecule has 33 heavy (non-hydrogen) atoms. The minimum absolute atomic E-state index is 0.169. The minimum atomic E-state index is -0.329. The predicted molar refractivity (Wildman–Crippen MR) is 128 cm³/mol. The summed E-state index contributed by atoms with van der Waals surface area (Å²) in [7, 11) is 0. The molecule has 1 aliphatic carbocycles. The van der Waals surface area contributed by atoms with Gasteiger partial charge in [0, 0.05) is 55.7 Å². The average Bonchev–Trinajstić information content (AvgIpc) is 3.47. The maximum absolute atomic E-state index is 14.4. The highest BCUT2D eigenvalue weighted by atomic mass is 19.1. The van der Waals surface area contributed by atoms with Crippen LogP contribution in [0.25, 0.3) is 5.69 Å². The quantitative estimate of drug-likeness (QED) is 0.629. The van der Waals surface area contributed by atoms with Gasteiger partial charge < -0.3 is 10.2 Å². The molecule has 1 unspecified atom stereocenters. The second-order valence-electron chi connectivity index (χ2n) is 8.91. The molecule has 0 spiro atoms. The Kier molecular flexibility index (Phi) is 6.13. The maximum Gasteiger partial charge on any atom is 0.272 e. The SMILES string of the molecule is CC(CNC(=O)c1nn(-c2ccccc2F)c2c1CCC2)N1CCN(c2ccccc2)CC1. The number of amides is 1. The number of hydrogen-bond donors (Lipinski definition) is 1. The van der Waals surface area contributed by atoms with Crippen molar-refractivity contribution in [2.75, 3.05) is 37.6 Å². The number of anilines is 1. The van der Waals surface area contributed by atoms with Crippen molar-refractivity contribution in [1.29, 1.82) is 0 Å². The Bertz CT molecular complexity index is 1120. The van der Waals surface area contributed by atoms with Crippen molar-refractivity contribution < 1.29 is 9.18 Å². The second kappa shape index (κ2) is 9.35. The van der Waals surface area contributed by atoms with Crippen molar-refractivity contribution in [1.82, 2.24) is 20.0 Å². The smallest absolute Gasteiger partial charge is 0.272 e. The van der Waals surface area contributed by atoms with Crippen molar-refractivity contribution in [3.63, 3.8) is 0 Å². The molecule has 172 valence electrons. The van der Waals surface area contributed by atoms with E-state index in [1.165, 1.54) is 11.8 Å². The summed E-state index contributed by atoms with van der Waals surface area (Å²) in [5, 5.41) is 7.63. The van der Waals surface area contributed by atoms with Crippen LogP contribution in [-0.2, 0) is 12.8 Å². The zero-order valence-corrected chi connectivity index (χ0v) is 19.0. The zero-order valence-electron chi connectivity index (χ0n) is 19.0. The number of fused-ring (bicyclic) bond motifs is 1. The van der Waals surface area contributed by atoms with Gasteiger partial charge in [0.1, 0.15) is 11.5 Å². The van der Waals surface area contributed by atoms with E-state index in [0.717, 1.165) is 56.7 Å². The largest absolute Gasteiger partial charge is 0.369 e. The van der Waals surface area contributed by atoms with Gasteiger partial charge in [0.25, 0.3) is 5.91 Å². The van der Waals surface area contributed by atoms with Crippen LogP contribution in [0.5, 0.6) is 0 Å². The van der Waals surface area contributed by atoms with Gasteiger partial charge in [0.2, 0.25) is 0 Å². The Labute approximate surface area is 194 Å². The first kappa shape index (κ1) is 21.6. The Morgan fingerprint density at radius 3 is 2.52 bits per heavy atom. The number of rotatable bonds is 6. The molecule has 1 atom stereocenters. The van der Waals surface area contributed by atoms with E-state index < -0.39 is 0 Å². The molecule has 0 radical (unpaired) electrons. The highest BCUT2D eigenvalue weighted by Gasteiger charge is 2.28. The Hall–Kier alpha value is -3.19. The molecule has 6 nitrogen and oxygen atoms in total. The van der Waals surface area contributed by atoms with E-state index in [1.807, 2.05) is 6.07 Å². The van der Waals surface area contributed by atoms with Gasteiger partial charge >= 0.3 is 0 Å². The Morgan fingerprint density at radius 2 is 1.76 bits per heavy atom. The minimum Gasteiger partial charge on any atom is -0.369 e. The number of piperazine rings is 1. The van der Waals surface area contributed by atoms with Crippen molar-refractivity contribution in [3.8, 4) is 5.69 Å². The fourth-order valence-electron chi connectivity index (χ4n) is 4.96. The molecule has 2 aliphatic rings. The number of nitrogens with one attached hydrogen (secondary N) is 1. The summed E-state index contributed by atoms with van der Waals surface area (Å²) in [6.07, 6.45) is 2.58. The van der Waals surface area contributed by atoms with Crippen molar-refractivity contribution in [2.45, 2.75) is 32.2 Å². The molecule has 0 bridgehead atoms. The number of nitrogens with zero attached hydrogens (tertiary/aromatic N) is 4. The lowest BCUT2D eigenvalue weighted by Crippen LogP contribution is -2.52. The molecule has 1 aliphatic heterocycles. The molecule has 1 saturated heterocycles. The molecule has 2 aromatic carbocycles. The topological polar surface area (TPSA) is 53.4 Å². The van der Waals surface area contributed by atoms with Crippen LogP contribution in [0.4, 0.5) is 10.1 Å². The lowest BCUT2D eigenvalue weighted by atomic mass is 10.1. The third-order valence-corrected chi connectivity index (χ3v) is 6.84. The number of hydrogen-bond acceptors (Lipinski definition) is 4. The second-order valence-corrected chi connectivity index (χ2v) is 8.91. The van der Waals surface area contributed by atoms with Crippen molar-refractivity contribution >= 4 is 11.6 Å². The van der Waals surface area contributed by atoms with E-state index >= 15 is 0 Å². The fourth-order valence-corrected chi connectivity index (χ4v) is 4.96. The average molecular weight is 448 g/mol. The highest BCUT2D eigenvalue weighted by Crippen LogP contribution is 2.28. The van der Waals surface area contributed by atoms with Gasteiger partial charge in [-0.05, 0) is 50.5 Å². The standard InChI is InChI=1S/C26H30FN5O/c1-19(30-14-16-31(17-15-30)20-8-3-2-4-9-20)18-28-26(33)25-21-10-7-13-23(21)32(29-25)24-12-6-5-11-22(24)27/h2-6,8-9,11-12,19H,7,10,13-18H2,1H3,(H,28,33). The van der Waals surface area contributed by atoms with E-state index in [1.54, 1.807) is 22.9 Å². The predicted octanol–water partition coefficient (Wildman–Crippen LogP) is 3.44. The van der Waals surface area contributed by atoms with Crippen LogP contribution in [0.3, 0.4) is 0 Å². The lowest BCUT2D eigenvalue weighted by Gasteiger charge is -2.39. The van der Waals surface area contributed by atoms with Gasteiger partial charge in [0.15, 0.2) is 5.69 Å². The molecule has 2 heterocycles. The van der Waals surface area contributed by atoms with Crippen LogP contribution >= 0.6 is 0 Å². The van der Waals surface area contributed by atoms with Gasteiger partial charge in [-0.15, -0.1) is 0 Å². The van der Waals surface area contributed by atoms with Gasteiger partial charge in [-0.3, -0.25) is 9.69 Å². The summed E-state index contributed by atoms with van der Waals surface area (Å²) in [5.41, 5.74) is 4.01. The van der Waals surface area contributed by atoms with Crippen molar-refractivity contribution in [3.05, 3.63) is 77.4 Å². The van der Waals surface area contributed by atoms with Crippen molar-refractivity contribution in [2.24, 2.45) is 0 Å². The number of halogens is 1. The highest BCUT2D eigenvalue weighted by molar-refractivity contribution is 5.94. The summed E-state index contributed by atoms with van der Waals surface area (Å²) in [6, 6.07) is 17.3. The monoisotopic (exact) mass is 447 g/mol. The molecule has 1 aromatic heterocycles. The van der Waals surface area contributed by atoms with Crippen LogP contribution in [0.1, 0.15) is 35.1 Å². The number of para-hydroxylation sites is 2. The third kappa shape index (κ3) is 4.37. The summed E-state index contributed by atoms with van der Waals surface area (Å²) in [6.45, 7) is 6.59. The van der Waals surface area contributed by atoms with Gasteiger partial charge in [0.05, 0.1) is 0 Å². The molecule has 7 heteroatoms. The lowest BCUT2D eigenvalue weighted by molar-refractivity contribution is 0.0928. The molecule has 1 N–H and O–H groups in total. The number of carbonyl (C=O) groups excluding carboxylic acids is 1. The molecular formula is C26H30FN5O. The summed E-state index contributed by atoms with van der Waals surface area (Å²) in [4.78, 5) is 17.9. The summed E-state index contributed by atoms with van der Waals surface area (Å²) < 4.78 is 16.0. The Morgan fingerprint density at radius 1 is 1.03 bits per heavy atom. The van der Waals surface area contributed by atoms with Crippen LogP contribution in [0.15, 0.2) is 54.6 Å². The first-order valence-electron chi connectivity index (χ1n) is 11.8. The normalized spacial score (nSPS) is 17.1. The number of benzene rings is 2. The van der Waals surface area contributed by atoms with Crippen LogP contribution in [-0.4, -0.2) is 59.4 Å². The molecule has 3 aromatic rings. The van der Waals surface area contributed by atoms with Gasteiger partial charge in [-0.2, -0.15) is 5.10 Å². The maximum atomic E-state index is 14.4.